The molecule has 1 aliphatic heterocycles. The first-order chi connectivity index (χ1) is 31.4. The van der Waals surface area contributed by atoms with Gasteiger partial charge < -0.3 is 51.4 Å². The first kappa shape index (κ1) is 53.2. The molecular formula is C47H69N8O10P. The number of aliphatic hydroxyl groups excluding tert-OH is 1. The fraction of sp³-hybridized carbons (Fsp3) is 0.553. The van der Waals surface area contributed by atoms with Crippen LogP contribution in [0.25, 0.3) is 0 Å². The van der Waals surface area contributed by atoms with Crippen molar-refractivity contribution in [2.45, 2.75) is 135 Å². The molecule has 0 saturated carbocycles. The number of nitrogens with zero attached hydrogens (tertiary/aromatic N) is 3. The Balaban J connectivity index is 1.51. The van der Waals surface area contributed by atoms with Crippen molar-refractivity contribution in [3.63, 3.8) is 0 Å². The zero-order chi connectivity index (χ0) is 48.2. The Bertz CT molecular complexity index is 2080. The summed E-state index contributed by atoms with van der Waals surface area (Å²) in [5.74, 6) is -5.75. The standard InChI is InChI=1S/C47H69N8O10P/c1-32(2)25-38(51-47(62)41-22-16-24-55(41)33(3)57)44(59)50-39(27-37-28-49-31-54(37)23-15-7-5-4-6-10-17-34-18-11-8-12-19-34)45(60)52-40(29-56)46(61)53-42(43(48)58)36(30-66(63,64)65)26-35-20-13-9-14-21-35/h8-9,11-14,18-21,28,31-32,36,38-42,56H,4-7,10,15-17,22-27,29-30H2,1-3H3,(H2,48,58)(H,50,59)(H,51,62)(H,52,60)(H,53,61)(H2,63,64,65)/t36-,38+,39+,40+,41+,42-/m1/s1. The zero-order valence-corrected chi connectivity index (χ0v) is 39.2. The zero-order valence-electron chi connectivity index (χ0n) is 38.3. The van der Waals surface area contributed by atoms with Gasteiger partial charge in [-0.05, 0) is 62.0 Å². The third-order valence-corrected chi connectivity index (χ3v) is 12.8. The van der Waals surface area contributed by atoms with E-state index in [2.05, 4.69) is 38.4 Å². The van der Waals surface area contributed by atoms with Crippen LogP contribution in [0.4, 0.5) is 0 Å². The second-order valence-corrected chi connectivity index (χ2v) is 19.4. The molecule has 3 aromatic rings. The number of likely N-dealkylation sites (tertiary alicyclic amines) is 1. The maximum Gasteiger partial charge on any atom is 0.325 e. The van der Waals surface area contributed by atoms with Crippen molar-refractivity contribution in [1.82, 2.24) is 35.7 Å². The van der Waals surface area contributed by atoms with Gasteiger partial charge >= 0.3 is 7.60 Å². The predicted octanol–water partition coefficient (Wildman–Crippen LogP) is 2.52. The number of primary amides is 1. The second-order valence-electron chi connectivity index (χ2n) is 17.7. The second kappa shape index (κ2) is 26.7. The molecule has 6 amide bonds. The lowest BCUT2D eigenvalue weighted by atomic mass is 9.93. The van der Waals surface area contributed by atoms with Gasteiger partial charge in [0.05, 0.1) is 19.1 Å². The highest BCUT2D eigenvalue weighted by Crippen LogP contribution is 2.39. The number of imidazole rings is 1. The van der Waals surface area contributed by atoms with Gasteiger partial charge in [0, 0.05) is 44.2 Å². The van der Waals surface area contributed by atoms with E-state index in [9.17, 15) is 48.2 Å². The molecule has 2 aromatic carbocycles. The number of aliphatic hydroxyl groups is 1. The average Bonchev–Trinajstić information content (AvgIpc) is 3.95. The van der Waals surface area contributed by atoms with E-state index < -0.39 is 86.0 Å². The molecule has 0 radical (unpaired) electrons. The van der Waals surface area contributed by atoms with Crippen LogP contribution in [0.3, 0.4) is 0 Å². The van der Waals surface area contributed by atoms with Crippen molar-refractivity contribution in [2.75, 3.05) is 19.3 Å². The molecule has 1 aromatic heterocycles. The van der Waals surface area contributed by atoms with Gasteiger partial charge in [-0.1, -0.05) is 100 Å². The smallest absolute Gasteiger partial charge is 0.325 e. The molecule has 1 fully saturated rings. The third kappa shape index (κ3) is 17.8. The van der Waals surface area contributed by atoms with Crippen molar-refractivity contribution in [1.29, 1.82) is 0 Å². The number of hydrogen-bond acceptors (Lipinski definition) is 9. The van der Waals surface area contributed by atoms with E-state index in [1.165, 1.54) is 17.4 Å². The Kier molecular flexibility index (Phi) is 21.5. The number of nitrogens with one attached hydrogen (secondary N) is 4. The van der Waals surface area contributed by atoms with Crippen LogP contribution in [-0.2, 0) is 59.1 Å². The summed E-state index contributed by atoms with van der Waals surface area (Å²) in [5, 5.41) is 20.8. The summed E-state index contributed by atoms with van der Waals surface area (Å²) in [6.07, 6.45) is 10.7. The van der Waals surface area contributed by atoms with Gasteiger partial charge in [0.25, 0.3) is 0 Å². The largest absolute Gasteiger partial charge is 0.394 e. The van der Waals surface area contributed by atoms with Crippen LogP contribution in [0.5, 0.6) is 0 Å². The number of carbonyl (C=O) groups excluding carboxylic acids is 6. The molecule has 9 N–H and O–H groups in total. The van der Waals surface area contributed by atoms with E-state index in [-0.39, 0.29) is 31.1 Å². The molecule has 19 heteroatoms. The number of benzene rings is 2. The van der Waals surface area contributed by atoms with Gasteiger partial charge in [0.1, 0.15) is 30.2 Å². The normalized spacial score (nSPS) is 16.2. The predicted molar refractivity (Wildman–Crippen MR) is 248 cm³/mol. The molecule has 0 bridgehead atoms. The van der Waals surface area contributed by atoms with E-state index in [1.54, 1.807) is 42.9 Å². The van der Waals surface area contributed by atoms with E-state index >= 15 is 0 Å². The highest BCUT2D eigenvalue weighted by molar-refractivity contribution is 7.51. The van der Waals surface area contributed by atoms with Crippen molar-refractivity contribution in [3.8, 4) is 0 Å². The van der Waals surface area contributed by atoms with E-state index in [1.807, 2.05) is 36.6 Å². The van der Waals surface area contributed by atoms with Crippen LogP contribution in [0.2, 0.25) is 0 Å². The van der Waals surface area contributed by atoms with Gasteiger partial charge in [-0.3, -0.25) is 33.3 Å². The molecule has 0 unspecified atom stereocenters. The monoisotopic (exact) mass is 936 g/mol. The van der Waals surface area contributed by atoms with Crippen LogP contribution in [0.15, 0.2) is 73.2 Å². The van der Waals surface area contributed by atoms with E-state index in [4.69, 9.17) is 5.73 Å². The van der Waals surface area contributed by atoms with E-state index in [0.717, 1.165) is 44.9 Å². The highest BCUT2D eigenvalue weighted by Gasteiger charge is 2.38. The Labute approximate surface area is 387 Å². The fourth-order valence-corrected chi connectivity index (χ4v) is 9.36. The van der Waals surface area contributed by atoms with Gasteiger partial charge in [-0.2, -0.15) is 0 Å². The number of amides is 6. The maximum atomic E-state index is 14.3. The lowest BCUT2D eigenvalue weighted by molar-refractivity contribution is -0.138. The number of unbranched alkanes of at least 4 members (excludes halogenated alkanes) is 5. The molecule has 4 rings (SSSR count). The number of hydrogen-bond donors (Lipinski definition) is 8. The molecule has 1 saturated heterocycles. The number of rotatable bonds is 28. The summed E-state index contributed by atoms with van der Waals surface area (Å²) in [6.45, 7) is 5.14. The Morgan fingerprint density at radius 3 is 1.98 bits per heavy atom. The van der Waals surface area contributed by atoms with Crippen LogP contribution in [-0.4, -0.2) is 114 Å². The van der Waals surface area contributed by atoms with Crippen molar-refractivity contribution in [3.05, 3.63) is 90.0 Å². The Hall–Kier alpha value is -5.42. The number of carbonyl (C=O) groups is 6. The summed E-state index contributed by atoms with van der Waals surface area (Å²) in [6, 6.07) is 12.3. The first-order valence-corrected chi connectivity index (χ1v) is 24.8. The molecule has 1 aliphatic rings. The quantitative estimate of drug-likeness (QED) is 0.0387. The minimum Gasteiger partial charge on any atom is -0.394 e. The summed E-state index contributed by atoms with van der Waals surface area (Å²) in [5.41, 5.74) is 8.21. The summed E-state index contributed by atoms with van der Waals surface area (Å²) in [4.78, 5) is 106. The molecule has 18 nitrogen and oxygen atoms in total. The van der Waals surface area contributed by atoms with Crippen molar-refractivity contribution in [2.24, 2.45) is 17.6 Å². The lowest BCUT2D eigenvalue weighted by Gasteiger charge is -2.29. The molecular weight excluding hydrogens is 868 g/mol. The Morgan fingerprint density at radius 1 is 0.788 bits per heavy atom. The fourth-order valence-electron chi connectivity index (χ4n) is 8.41. The summed E-state index contributed by atoms with van der Waals surface area (Å²) >= 11 is 0. The third-order valence-electron chi connectivity index (χ3n) is 11.8. The Morgan fingerprint density at radius 2 is 1.38 bits per heavy atom. The number of aromatic nitrogens is 2. The molecule has 66 heavy (non-hydrogen) atoms. The molecule has 6 atom stereocenters. The van der Waals surface area contributed by atoms with E-state index in [0.29, 0.717) is 37.2 Å². The lowest BCUT2D eigenvalue weighted by Crippen LogP contribution is -2.61. The van der Waals surface area contributed by atoms with Gasteiger partial charge in [0.15, 0.2) is 0 Å². The van der Waals surface area contributed by atoms with Crippen LogP contribution < -0.4 is 27.0 Å². The summed E-state index contributed by atoms with van der Waals surface area (Å²) < 4.78 is 14.1. The van der Waals surface area contributed by atoms with Gasteiger partial charge in [-0.25, -0.2) is 4.98 Å². The van der Waals surface area contributed by atoms with Crippen molar-refractivity contribution >= 4 is 43.0 Å². The molecule has 2 heterocycles. The highest BCUT2D eigenvalue weighted by atomic mass is 31.2. The minimum absolute atomic E-state index is 0.0475. The topological polar surface area (TPSA) is 275 Å². The van der Waals surface area contributed by atoms with Gasteiger partial charge in [-0.15, -0.1) is 0 Å². The van der Waals surface area contributed by atoms with Crippen LogP contribution in [0.1, 0.15) is 95.4 Å². The number of nitrogens with two attached hydrogens (primary N) is 1. The average molecular weight is 937 g/mol. The molecule has 0 aliphatic carbocycles. The van der Waals surface area contributed by atoms with Gasteiger partial charge in [0.2, 0.25) is 35.4 Å². The van der Waals surface area contributed by atoms with Crippen LogP contribution >= 0.6 is 7.60 Å². The SMILES string of the molecule is CC(=O)N1CCC[C@H]1C(=O)N[C@@H](CC(C)C)C(=O)N[C@@H](Cc1cncn1CCCCCCCCc1ccccc1)C(=O)N[C@@H](CO)C(=O)N[C@@H](C(N)=O)[C@H](Cc1ccccc1)CP(=O)(O)O. The van der Waals surface area contributed by atoms with Crippen molar-refractivity contribution < 1.29 is 48.2 Å². The first-order valence-electron chi connectivity index (χ1n) is 23.0. The summed E-state index contributed by atoms with van der Waals surface area (Å²) in [7, 11) is -4.74. The van der Waals surface area contributed by atoms with Crippen LogP contribution in [0, 0.1) is 11.8 Å². The molecule has 362 valence electrons. The minimum atomic E-state index is -4.74. The number of aryl methyl sites for hydroxylation is 2. The molecule has 0 spiro atoms. The maximum absolute atomic E-state index is 14.3.